The summed E-state index contributed by atoms with van der Waals surface area (Å²) in [4.78, 5) is 4.44. The van der Waals surface area contributed by atoms with Crippen LogP contribution in [0.3, 0.4) is 0 Å². The van der Waals surface area contributed by atoms with Crippen LogP contribution in [0.5, 0.6) is 11.5 Å². The molecule has 5 heteroatoms. The van der Waals surface area contributed by atoms with Crippen LogP contribution in [-0.2, 0) is 12.8 Å². The summed E-state index contributed by atoms with van der Waals surface area (Å²) in [6, 6.07) is 15.6. The van der Waals surface area contributed by atoms with Crippen molar-refractivity contribution in [2.45, 2.75) is 12.8 Å². The molecule has 0 aliphatic carbocycles. The van der Waals surface area contributed by atoms with Crippen LogP contribution in [0.4, 0.5) is 0 Å². The number of nitrogens with zero attached hydrogens (tertiary/aromatic N) is 2. The molecule has 0 N–H and O–H groups in total. The highest BCUT2D eigenvalue weighted by Crippen LogP contribution is 2.20. The molecule has 118 valence electrons. The monoisotopic (exact) mass is 310 g/mol. The molecule has 0 aliphatic rings. The van der Waals surface area contributed by atoms with Crippen molar-refractivity contribution in [2.24, 2.45) is 0 Å². The smallest absolute Gasteiger partial charge is 0.227 e. The highest BCUT2D eigenvalue weighted by Gasteiger charge is 2.09. The predicted molar refractivity (Wildman–Crippen MR) is 86.7 cm³/mol. The van der Waals surface area contributed by atoms with E-state index in [1.54, 1.807) is 14.2 Å². The zero-order chi connectivity index (χ0) is 16.1. The fourth-order valence-corrected chi connectivity index (χ4v) is 2.26. The van der Waals surface area contributed by atoms with E-state index in [2.05, 4.69) is 10.1 Å². The molecule has 0 aliphatic heterocycles. The molecule has 0 amide bonds. The Kier molecular flexibility index (Phi) is 4.57. The lowest BCUT2D eigenvalue weighted by Gasteiger charge is -2.01. The van der Waals surface area contributed by atoms with Gasteiger partial charge in [-0.1, -0.05) is 17.3 Å². The highest BCUT2D eigenvalue weighted by atomic mass is 16.5. The molecule has 1 heterocycles. The summed E-state index contributed by atoms with van der Waals surface area (Å²) in [5, 5.41) is 4.03. The number of aryl methyl sites for hydroxylation is 2. The zero-order valence-electron chi connectivity index (χ0n) is 13.2. The summed E-state index contributed by atoms with van der Waals surface area (Å²) >= 11 is 0. The van der Waals surface area contributed by atoms with Gasteiger partial charge in [-0.2, -0.15) is 4.98 Å². The van der Waals surface area contributed by atoms with Crippen LogP contribution in [-0.4, -0.2) is 24.4 Å². The first kappa shape index (κ1) is 15.1. The first-order valence-electron chi connectivity index (χ1n) is 7.38. The summed E-state index contributed by atoms with van der Waals surface area (Å²) in [7, 11) is 3.30. The molecule has 1 aromatic heterocycles. The van der Waals surface area contributed by atoms with Crippen LogP contribution < -0.4 is 9.47 Å². The molecule has 0 radical (unpaired) electrons. The van der Waals surface area contributed by atoms with Gasteiger partial charge in [0, 0.05) is 12.0 Å². The number of aromatic nitrogens is 2. The van der Waals surface area contributed by atoms with Crippen LogP contribution in [0.25, 0.3) is 11.4 Å². The lowest BCUT2D eigenvalue weighted by atomic mass is 10.1. The minimum Gasteiger partial charge on any atom is -0.497 e. The maximum absolute atomic E-state index is 5.33. The summed E-state index contributed by atoms with van der Waals surface area (Å²) < 4.78 is 15.6. The predicted octanol–water partition coefficient (Wildman–Crippen LogP) is 3.54. The van der Waals surface area contributed by atoms with Gasteiger partial charge in [0.1, 0.15) is 11.5 Å². The fraction of sp³-hybridized carbons (Fsp3) is 0.222. The number of hydrogen-bond acceptors (Lipinski definition) is 5. The Morgan fingerprint density at radius 3 is 2.04 bits per heavy atom. The first-order valence-corrected chi connectivity index (χ1v) is 7.38. The Hall–Kier alpha value is -2.82. The van der Waals surface area contributed by atoms with E-state index in [-0.39, 0.29) is 0 Å². The van der Waals surface area contributed by atoms with Crippen LogP contribution in [0, 0.1) is 0 Å². The SMILES string of the molecule is COc1ccc(CCc2nc(-c3ccc(OC)cc3)no2)cc1. The second kappa shape index (κ2) is 6.96. The van der Waals surface area contributed by atoms with Gasteiger partial charge >= 0.3 is 0 Å². The van der Waals surface area contributed by atoms with E-state index in [0.717, 1.165) is 23.5 Å². The van der Waals surface area contributed by atoms with Crippen molar-refractivity contribution in [3.63, 3.8) is 0 Å². The number of ether oxygens (including phenoxy) is 2. The van der Waals surface area contributed by atoms with Gasteiger partial charge in [0.2, 0.25) is 11.7 Å². The van der Waals surface area contributed by atoms with Crippen molar-refractivity contribution in [1.82, 2.24) is 10.1 Å². The molecule has 0 unspecified atom stereocenters. The molecule has 0 spiro atoms. The molecule has 0 atom stereocenters. The number of methoxy groups -OCH3 is 2. The van der Waals surface area contributed by atoms with Crippen LogP contribution >= 0.6 is 0 Å². The number of benzene rings is 2. The van der Waals surface area contributed by atoms with Crippen molar-refractivity contribution in [2.75, 3.05) is 14.2 Å². The molecule has 0 fully saturated rings. The number of rotatable bonds is 6. The maximum atomic E-state index is 5.33. The first-order chi connectivity index (χ1) is 11.3. The van der Waals surface area contributed by atoms with E-state index in [1.807, 2.05) is 48.5 Å². The van der Waals surface area contributed by atoms with Gasteiger partial charge in [0.15, 0.2) is 0 Å². The fourth-order valence-electron chi connectivity index (χ4n) is 2.26. The van der Waals surface area contributed by atoms with Crippen molar-refractivity contribution in [3.05, 3.63) is 60.0 Å². The van der Waals surface area contributed by atoms with Gasteiger partial charge in [0.05, 0.1) is 14.2 Å². The van der Waals surface area contributed by atoms with Crippen LogP contribution in [0.15, 0.2) is 53.1 Å². The Labute approximate surface area is 134 Å². The third-order valence-corrected chi connectivity index (χ3v) is 3.60. The van der Waals surface area contributed by atoms with Crippen molar-refractivity contribution >= 4 is 0 Å². The minimum absolute atomic E-state index is 0.595. The summed E-state index contributed by atoms with van der Waals surface area (Å²) in [6.07, 6.45) is 1.55. The maximum Gasteiger partial charge on any atom is 0.227 e. The van der Waals surface area contributed by atoms with Crippen molar-refractivity contribution in [1.29, 1.82) is 0 Å². The average Bonchev–Trinajstić information content (AvgIpc) is 3.09. The second-order valence-electron chi connectivity index (χ2n) is 5.09. The molecule has 2 aromatic carbocycles. The Morgan fingerprint density at radius 1 is 0.826 bits per heavy atom. The Morgan fingerprint density at radius 2 is 1.43 bits per heavy atom. The van der Waals surface area contributed by atoms with E-state index in [4.69, 9.17) is 14.0 Å². The molecule has 5 nitrogen and oxygen atoms in total. The molecule has 0 saturated heterocycles. The van der Waals surface area contributed by atoms with Gasteiger partial charge in [-0.15, -0.1) is 0 Å². The highest BCUT2D eigenvalue weighted by molar-refractivity contribution is 5.55. The largest absolute Gasteiger partial charge is 0.497 e. The molecule has 3 aromatic rings. The van der Waals surface area contributed by atoms with E-state index >= 15 is 0 Å². The third kappa shape index (κ3) is 3.69. The van der Waals surface area contributed by atoms with Crippen LogP contribution in [0.2, 0.25) is 0 Å². The van der Waals surface area contributed by atoms with E-state index in [0.29, 0.717) is 18.1 Å². The normalized spacial score (nSPS) is 10.5. The van der Waals surface area contributed by atoms with Crippen molar-refractivity contribution in [3.8, 4) is 22.9 Å². The minimum atomic E-state index is 0.595. The lowest BCUT2D eigenvalue weighted by molar-refractivity contribution is 0.379. The topological polar surface area (TPSA) is 57.4 Å². The van der Waals surface area contributed by atoms with Gasteiger partial charge in [-0.05, 0) is 48.4 Å². The van der Waals surface area contributed by atoms with Gasteiger partial charge in [-0.25, -0.2) is 0 Å². The molecule has 23 heavy (non-hydrogen) atoms. The molecule has 3 rings (SSSR count). The van der Waals surface area contributed by atoms with Gasteiger partial charge < -0.3 is 14.0 Å². The van der Waals surface area contributed by atoms with Crippen LogP contribution in [0.1, 0.15) is 11.5 Å². The third-order valence-electron chi connectivity index (χ3n) is 3.60. The van der Waals surface area contributed by atoms with E-state index in [9.17, 15) is 0 Å². The molecular weight excluding hydrogens is 292 g/mol. The Balaban J connectivity index is 1.64. The van der Waals surface area contributed by atoms with Crippen molar-refractivity contribution < 1.29 is 14.0 Å². The Bertz CT molecular complexity index is 749. The standard InChI is InChI=1S/C18H18N2O3/c1-21-15-8-3-13(4-9-15)5-12-17-19-18(20-23-17)14-6-10-16(22-2)11-7-14/h3-4,6-11H,5,12H2,1-2H3. The quantitative estimate of drug-likeness (QED) is 0.697. The summed E-state index contributed by atoms with van der Waals surface area (Å²) in [6.45, 7) is 0. The molecular formula is C18H18N2O3. The number of hydrogen-bond donors (Lipinski definition) is 0. The van der Waals surface area contributed by atoms with Gasteiger partial charge in [-0.3, -0.25) is 0 Å². The van der Waals surface area contributed by atoms with Gasteiger partial charge in [0.25, 0.3) is 0 Å². The summed E-state index contributed by atoms with van der Waals surface area (Å²) in [5.41, 5.74) is 2.11. The lowest BCUT2D eigenvalue weighted by Crippen LogP contribution is -1.92. The van der Waals surface area contributed by atoms with E-state index < -0.39 is 0 Å². The molecule has 0 saturated carbocycles. The molecule has 0 bridgehead atoms. The van der Waals surface area contributed by atoms with E-state index in [1.165, 1.54) is 5.56 Å². The second-order valence-corrected chi connectivity index (χ2v) is 5.09. The average molecular weight is 310 g/mol. The zero-order valence-corrected chi connectivity index (χ0v) is 13.2. The summed E-state index contributed by atoms with van der Waals surface area (Å²) in [5.74, 6) is 2.88.